The molecule has 0 spiro atoms. The Bertz CT molecular complexity index is 523. The molecule has 0 saturated heterocycles. The van der Waals surface area contributed by atoms with Gasteiger partial charge in [0.25, 0.3) is 0 Å². The number of hydrogen-bond donors (Lipinski definition) is 1. The molecule has 2 aromatic rings. The van der Waals surface area contributed by atoms with Crippen LogP contribution in [0.4, 0.5) is 0 Å². The van der Waals surface area contributed by atoms with E-state index in [9.17, 15) is 4.79 Å². The quantitative estimate of drug-likeness (QED) is 0.917. The maximum absolute atomic E-state index is 10.7. The molecule has 80 valence electrons. The average Bonchev–Trinajstić information content (AvgIpc) is 2.30. The molecule has 0 amide bonds. The van der Waals surface area contributed by atoms with E-state index in [4.69, 9.17) is 5.11 Å². The Morgan fingerprint density at radius 1 is 1.19 bits per heavy atom. The summed E-state index contributed by atoms with van der Waals surface area (Å²) in [5, 5.41) is 8.75. The van der Waals surface area contributed by atoms with Gasteiger partial charge in [-0.2, -0.15) is 0 Å². The largest absolute Gasteiger partial charge is 0.478 e. The van der Waals surface area contributed by atoms with Gasteiger partial charge in [-0.3, -0.25) is 4.98 Å². The Morgan fingerprint density at radius 3 is 2.50 bits per heavy atom. The van der Waals surface area contributed by atoms with E-state index in [-0.39, 0.29) is 5.56 Å². The number of benzene rings is 1. The number of carbonyl (C=O) groups is 1. The number of aromatic carboxylic acids is 1. The number of hydrogen-bond acceptors (Lipinski definition) is 2. The Morgan fingerprint density at radius 2 is 1.94 bits per heavy atom. The van der Waals surface area contributed by atoms with E-state index in [1.165, 1.54) is 6.20 Å². The van der Waals surface area contributed by atoms with Crippen LogP contribution in [0.15, 0.2) is 47.1 Å². The highest BCUT2D eigenvalue weighted by molar-refractivity contribution is 9.10. The molecule has 2 rings (SSSR count). The van der Waals surface area contributed by atoms with Crippen LogP contribution >= 0.6 is 15.9 Å². The summed E-state index contributed by atoms with van der Waals surface area (Å²) in [5.41, 5.74) is 1.88. The number of nitrogens with zero attached hydrogens (tertiary/aromatic N) is 1. The van der Waals surface area contributed by atoms with Gasteiger partial charge < -0.3 is 5.11 Å². The minimum atomic E-state index is -0.967. The van der Waals surface area contributed by atoms with Crippen LogP contribution in [0.5, 0.6) is 0 Å². The molecule has 0 aliphatic carbocycles. The highest BCUT2D eigenvalue weighted by Gasteiger charge is 2.06. The van der Waals surface area contributed by atoms with E-state index in [2.05, 4.69) is 20.9 Å². The fraction of sp³-hybridized carbons (Fsp3) is 0. The first-order valence-corrected chi connectivity index (χ1v) is 5.42. The third-order valence-corrected chi connectivity index (χ3v) is 2.85. The smallest absolute Gasteiger partial charge is 0.337 e. The highest BCUT2D eigenvalue weighted by Crippen LogP contribution is 2.26. The van der Waals surface area contributed by atoms with Gasteiger partial charge in [-0.1, -0.05) is 34.1 Å². The minimum absolute atomic E-state index is 0.191. The third-order valence-electron chi connectivity index (χ3n) is 2.16. The second-order valence-corrected chi connectivity index (χ2v) is 4.07. The summed E-state index contributed by atoms with van der Waals surface area (Å²) >= 11 is 3.42. The van der Waals surface area contributed by atoms with Gasteiger partial charge >= 0.3 is 5.97 Å². The molecule has 3 nitrogen and oxygen atoms in total. The van der Waals surface area contributed by atoms with Crippen LogP contribution in [0.3, 0.4) is 0 Å². The zero-order valence-corrected chi connectivity index (χ0v) is 9.81. The van der Waals surface area contributed by atoms with Crippen molar-refractivity contribution in [1.82, 2.24) is 4.98 Å². The summed E-state index contributed by atoms with van der Waals surface area (Å²) in [7, 11) is 0. The number of halogens is 1. The van der Waals surface area contributed by atoms with Crippen molar-refractivity contribution in [1.29, 1.82) is 0 Å². The number of aromatic nitrogens is 1. The molecule has 0 aliphatic rings. The summed E-state index contributed by atoms with van der Waals surface area (Å²) in [6, 6.07) is 10.9. The molecule has 0 radical (unpaired) electrons. The van der Waals surface area contributed by atoms with Crippen molar-refractivity contribution in [2.75, 3.05) is 0 Å². The van der Waals surface area contributed by atoms with Crippen molar-refractivity contribution in [3.63, 3.8) is 0 Å². The summed E-state index contributed by atoms with van der Waals surface area (Å²) in [4.78, 5) is 14.8. The lowest BCUT2D eigenvalue weighted by atomic mass is 10.1. The predicted octanol–water partition coefficient (Wildman–Crippen LogP) is 3.21. The third kappa shape index (κ3) is 2.12. The van der Waals surface area contributed by atoms with Gasteiger partial charge in [0.2, 0.25) is 0 Å². The van der Waals surface area contributed by atoms with E-state index >= 15 is 0 Å². The zero-order chi connectivity index (χ0) is 11.5. The second-order valence-electron chi connectivity index (χ2n) is 3.22. The standard InChI is InChI=1S/C12H8BrNO2/c13-10-4-2-1-3-9(10)11-6-5-8(7-14-11)12(15)16/h1-7H,(H,15,16). The summed E-state index contributed by atoms with van der Waals surface area (Å²) in [6.45, 7) is 0. The van der Waals surface area contributed by atoms with Crippen molar-refractivity contribution in [2.24, 2.45) is 0 Å². The van der Waals surface area contributed by atoms with Crippen molar-refractivity contribution < 1.29 is 9.90 Å². The van der Waals surface area contributed by atoms with Crippen LogP contribution in [-0.2, 0) is 0 Å². The maximum Gasteiger partial charge on any atom is 0.337 e. The number of carboxylic acid groups (broad SMARTS) is 1. The maximum atomic E-state index is 10.7. The van der Waals surface area contributed by atoms with Crippen molar-refractivity contribution in [3.8, 4) is 11.3 Å². The van der Waals surface area contributed by atoms with Gasteiger partial charge in [-0.15, -0.1) is 0 Å². The predicted molar refractivity (Wildman–Crippen MR) is 64.3 cm³/mol. The summed E-state index contributed by atoms with van der Waals surface area (Å²) in [5.74, 6) is -0.967. The van der Waals surface area contributed by atoms with Crippen LogP contribution in [0, 0.1) is 0 Å². The molecular weight excluding hydrogens is 270 g/mol. The number of rotatable bonds is 2. The molecule has 0 unspecified atom stereocenters. The summed E-state index contributed by atoms with van der Waals surface area (Å²) in [6.07, 6.45) is 1.36. The van der Waals surface area contributed by atoms with Crippen LogP contribution in [0.2, 0.25) is 0 Å². The van der Waals surface area contributed by atoms with Crippen molar-refractivity contribution >= 4 is 21.9 Å². The van der Waals surface area contributed by atoms with E-state index in [1.807, 2.05) is 24.3 Å². The molecule has 0 fully saturated rings. The molecule has 0 atom stereocenters. The molecule has 16 heavy (non-hydrogen) atoms. The van der Waals surface area contributed by atoms with Gasteiger partial charge in [-0.05, 0) is 18.2 Å². The molecule has 1 aromatic heterocycles. The fourth-order valence-corrected chi connectivity index (χ4v) is 1.84. The molecule has 0 bridgehead atoms. The molecular formula is C12H8BrNO2. The fourth-order valence-electron chi connectivity index (χ4n) is 1.35. The van der Waals surface area contributed by atoms with Crippen LogP contribution in [0.25, 0.3) is 11.3 Å². The van der Waals surface area contributed by atoms with E-state index in [1.54, 1.807) is 12.1 Å². The summed E-state index contributed by atoms with van der Waals surface area (Å²) < 4.78 is 0.936. The Labute approximate surface area is 101 Å². The molecule has 4 heteroatoms. The highest BCUT2D eigenvalue weighted by atomic mass is 79.9. The molecule has 1 aromatic carbocycles. The van der Waals surface area contributed by atoms with E-state index in [0.29, 0.717) is 0 Å². The Kier molecular flexibility index (Phi) is 3.01. The number of carboxylic acids is 1. The lowest BCUT2D eigenvalue weighted by Crippen LogP contribution is -1.97. The van der Waals surface area contributed by atoms with Gasteiger partial charge in [-0.25, -0.2) is 4.79 Å². The first-order chi connectivity index (χ1) is 7.68. The molecule has 1 N–H and O–H groups in total. The van der Waals surface area contributed by atoms with E-state index in [0.717, 1.165) is 15.7 Å². The van der Waals surface area contributed by atoms with Gasteiger partial charge in [0, 0.05) is 16.2 Å². The van der Waals surface area contributed by atoms with Gasteiger partial charge in [0.15, 0.2) is 0 Å². The van der Waals surface area contributed by atoms with Crippen molar-refractivity contribution in [2.45, 2.75) is 0 Å². The SMILES string of the molecule is O=C(O)c1ccc(-c2ccccc2Br)nc1. The van der Waals surface area contributed by atoms with Gasteiger partial charge in [0.05, 0.1) is 11.3 Å². The zero-order valence-electron chi connectivity index (χ0n) is 8.22. The van der Waals surface area contributed by atoms with Gasteiger partial charge in [0.1, 0.15) is 0 Å². The van der Waals surface area contributed by atoms with Crippen LogP contribution in [-0.4, -0.2) is 16.1 Å². The Hall–Kier alpha value is -1.68. The van der Waals surface area contributed by atoms with E-state index < -0.39 is 5.97 Å². The van der Waals surface area contributed by atoms with Crippen molar-refractivity contribution in [3.05, 3.63) is 52.6 Å². The second kappa shape index (κ2) is 4.45. The first kappa shape index (κ1) is 10.8. The lowest BCUT2D eigenvalue weighted by Gasteiger charge is -2.03. The number of pyridine rings is 1. The monoisotopic (exact) mass is 277 g/mol. The molecule has 1 heterocycles. The normalized spacial score (nSPS) is 10.1. The van der Waals surface area contributed by atoms with Crippen LogP contribution < -0.4 is 0 Å². The van der Waals surface area contributed by atoms with Crippen LogP contribution in [0.1, 0.15) is 10.4 Å². The molecule has 0 saturated carbocycles. The first-order valence-electron chi connectivity index (χ1n) is 4.63. The minimum Gasteiger partial charge on any atom is -0.478 e. The topological polar surface area (TPSA) is 50.2 Å². The Balaban J connectivity index is 2.43. The lowest BCUT2D eigenvalue weighted by molar-refractivity contribution is 0.0696. The average molecular weight is 278 g/mol. The molecule has 0 aliphatic heterocycles.